The van der Waals surface area contributed by atoms with Crippen LogP contribution in [0.3, 0.4) is 0 Å². The third-order valence-corrected chi connectivity index (χ3v) is 6.05. The molecule has 2 aliphatic heterocycles. The van der Waals surface area contributed by atoms with Crippen LogP contribution in [0.25, 0.3) is 0 Å². The first-order chi connectivity index (χ1) is 15.7. The average Bonchev–Trinajstić information content (AvgIpc) is 3.29. The van der Waals surface area contributed by atoms with E-state index in [1.54, 1.807) is 12.4 Å². The van der Waals surface area contributed by atoms with Crippen molar-refractivity contribution in [2.45, 2.75) is 38.3 Å². The van der Waals surface area contributed by atoms with Crippen molar-refractivity contribution in [2.24, 2.45) is 0 Å². The highest BCUT2D eigenvalue weighted by atomic mass is 16.5. The molecule has 0 radical (unpaired) electrons. The molecular weight excluding hydrogens is 402 g/mol. The molecule has 1 unspecified atom stereocenters. The Hall–Kier alpha value is -3.38. The molecule has 1 amide bonds. The van der Waals surface area contributed by atoms with Crippen molar-refractivity contribution < 1.29 is 14.3 Å². The van der Waals surface area contributed by atoms with Gasteiger partial charge in [-0.15, -0.1) is 0 Å². The summed E-state index contributed by atoms with van der Waals surface area (Å²) in [6.07, 6.45) is 7.42. The molecule has 32 heavy (non-hydrogen) atoms. The van der Waals surface area contributed by atoms with Gasteiger partial charge in [0.25, 0.3) is 0 Å². The Morgan fingerprint density at radius 1 is 1.12 bits per heavy atom. The summed E-state index contributed by atoms with van der Waals surface area (Å²) in [5.74, 6) is 2.43. The minimum Gasteiger partial charge on any atom is -0.493 e. The van der Waals surface area contributed by atoms with Crippen molar-refractivity contribution in [1.29, 1.82) is 0 Å². The zero-order valence-corrected chi connectivity index (χ0v) is 18.0. The van der Waals surface area contributed by atoms with E-state index < -0.39 is 0 Å². The molecule has 3 aromatic rings. The third-order valence-electron chi connectivity index (χ3n) is 6.05. The number of likely N-dealkylation sites (tertiary alicyclic amines) is 1. The maximum absolute atomic E-state index is 13.1. The maximum atomic E-state index is 13.1. The average molecular weight is 430 g/mol. The zero-order chi connectivity index (χ0) is 21.8. The van der Waals surface area contributed by atoms with Crippen molar-refractivity contribution in [3.63, 3.8) is 0 Å². The summed E-state index contributed by atoms with van der Waals surface area (Å²) in [5.41, 5.74) is 3.29. The number of hydrogen-bond acceptors (Lipinski definition) is 5. The monoisotopic (exact) mass is 429 g/mol. The Bertz CT molecular complexity index is 1070. The number of piperidine rings is 1. The van der Waals surface area contributed by atoms with Gasteiger partial charge in [0.05, 0.1) is 18.8 Å². The van der Waals surface area contributed by atoms with Gasteiger partial charge in [-0.25, -0.2) is 0 Å². The second kappa shape index (κ2) is 9.40. The molecule has 5 rings (SSSR count). The quantitative estimate of drug-likeness (QED) is 0.610. The Kier molecular flexibility index (Phi) is 6.03. The van der Waals surface area contributed by atoms with Gasteiger partial charge in [-0.3, -0.25) is 14.7 Å². The van der Waals surface area contributed by atoms with Gasteiger partial charge in [-0.2, -0.15) is 0 Å². The predicted molar refractivity (Wildman–Crippen MR) is 123 cm³/mol. The maximum Gasteiger partial charge on any atom is 0.241 e. The molecule has 0 spiro atoms. The number of anilines is 1. The number of pyridine rings is 1. The molecular formula is C26H27N3O3. The number of aromatic nitrogens is 1. The third kappa shape index (κ3) is 4.75. The molecule has 1 atom stereocenters. The van der Waals surface area contributed by atoms with Crippen molar-refractivity contribution in [3.05, 3.63) is 78.1 Å². The lowest BCUT2D eigenvalue weighted by atomic mass is 9.99. The normalized spacial score (nSPS) is 17.9. The number of carbonyl (C=O) groups is 1. The van der Waals surface area contributed by atoms with Crippen LogP contribution in [0.4, 0.5) is 5.69 Å². The van der Waals surface area contributed by atoms with Gasteiger partial charge in [0.15, 0.2) is 0 Å². The lowest BCUT2D eigenvalue weighted by Crippen LogP contribution is -2.46. The number of hydrogen-bond donors (Lipinski definition) is 1. The van der Waals surface area contributed by atoms with E-state index in [0.717, 1.165) is 56.8 Å². The second-order valence-electron chi connectivity index (χ2n) is 8.33. The van der Waals surface area contributed by atoms with E-state index in [2.05, 4.69) is 33.4 Å². The molecule has 0 bridgehead atoms. The molecule has 1 aromatic heterocycles. The molecule has 2 aromatic carbocycles. The summed E-state index contributed by atoms with van der Waals surface area (Å²) < 4.78 is 11.4. The molecule has 0 aliphatic carbocycles. The fraction of sp³-hybridized carbons (Fsp3) is 0.308. The Morgan fingerprint density at radius 3 is 2.88 bits per heavy atom. The van der Waals surface area contributed by atoms with Gasteiger partial charge in [-0.1, -0.05) is 18.6 Å². The van der Waals surface area contributed by atoms with Crippen molar-refractivity contribution in [2.75, 3.05) is 18.5 Å². The standard InChI is InChI=1S/C26H27N3O3/c30-26(28-21-7-9-22(10-8-21)32-23-4-3-13-27-17-23)24-5-1-2-14-29(24)18-19-6-11-25-20(16-19)12-15-31-25/h3-4,6-11,13,16-17,24H,1-2,5,12,14-15,18H2,(H,28,30). The van der Waals surface area contributed by atoms with E-state index in [-0.39, 0.29) is 11.9 Å². The topological polar surface area (TPSA) is 63.7 Å². The summed E-state index contributed by atoms with van der Waals surface area (Å²) >= 11 is 0. The Morgan fingerprint density at radius 2 is 2.03 bits per heavy atom. The first-order valence-electron chi connectivity index (χ1n) is 11.2. The van der Waals surface area contributed by atoms with Crippen LogP contribution in [-0.4, -0.2) is 35.0 Å². The van der Waals surface area contributed by atoms with E-state index in [1.807, 2.05) is 36.4 Å². The highest BCUT2D eigenvalue weighted by molar-refractivity contribution is 5.94. The summed E-state index contributed by atoms with van der Waals surface area (Å²) in [7, 11) is 0. The Labute approximate surface area is 188 Å². The van der Waals surface area contributed by atoms with Gasteiger partial charge in [0, 0.05) is 24.8 Å². The summed E-state index contributed by atoms with van der Waals surface area (Å²) in [4.78, 5) is 19.5. The van der Waals surface area contributed by atoms with Crippen LogP contribution in [0, 0.1) is 0 Å². The fourth-order valence-electron chi connectivity index (χ4n) is 4.43. The Balaban J connectivity index is 1.22. The molecule has 6 heteroatoms. The first-order valence-corrected chi connectivity index (χ1v) is 11.2. The van der Waals surface area contributed by atoms with Gasteiger partial charge >= 0.3 is 0 Å². The number of ether oxygens (including phenoxy) is 2. The van der Waals surface area contributed by atoms with Crippen molar-refractivity contribution >= 4 is 11.6 Å². The number of fused-ring (bicyclic) bond motifs is 1. The van der Waals surface area contributed by atoms with Gasteiger partial charge < -0.3 is 14.8 Å². The first kappa shape index (κ1) is 20.5. The van der Waals surface area contributed by atoms with Gasteiger partial charge in [0.2, 0.25) is 5.91 Å². The minimum absolute atomic E-state index is 0.0510. The number of rotatable bonds is 6. The van der Waals surface area contributed by atoms with E-state index in [9.17, 15) is 4.79 Å². The molecule has 164 valence electrons. The fourth-order valence-corrected chi connectivity index (χ4v) is 4.43. The lowest BCUT2D eigenvalue weighted by Gasteiger charge is -2.34. The number of nitrogens with zero attached hydrogens (tertiary/aromatic N) is 2. The smallest absolute Gasteiger partial charge is 0.241 e. The molecule has 6 nitrogen and oxygen atoms in total. The van der Waals surface area contributed by atoms with E-state index in [1.165, 1.54) is 11.1 Å². The van der Waals surface area contributed by atoms with Crippen LogP contribution in [0.15, 0.2) is 67.0 Å². The predicted octanol–water partition coefficient (Wildman–Crippen LogP) is 4.80. The van der Waals surface area contributed by atoms with Gasteiger partial charge in [-0.05, 0) is 73.0 Å². The largest absolute Gasteiger partial charge is 0.493 e. The molecule has 0 saturated carbocycles. The van der Waals surface area contributed by atoms with E-state index >= 15 is 0 Å². The van der Waals surface area contributed by atoms with Crippen molar-refractivity contribution in [1.82, 2.24) is 9.88 Å². The van der Waals surface area contributed by atoms with E-state index in [4.69, 9.17) is 9.47 Å². The number of carbonyl (C=O) groups excluding carboxylic acids is 1. The van der Waals surface area contributed by atoms with E-state index in [0.29, 0.717) is 11.5 Å². The zero-order valence-electron chi connectivity index (χ0n) is 18.0. The second-order valence-corrected chi connectivity index (χ2v) is 8.33. The van der Waals surface area contributed by atoms with Crippen LogP contribution >= 0.6 is 0 Å². The van der Waals surface area contributed by atoms with Crippen LogP contribution in [-0.2, 0) is 17.8 Å². The van der Waals surface area contributed by atoms with Crippen LogP contribution in [0.5, 0.6) is 17.2 Å². The molecule has 1 N–H and O–H groups in total. The molecule has 1 fully saturated rings. The number of benzene rings is 2. The van der Waals surface area contributed by atoms with Crippen molar-refractivity contribution in [3.8, 4) is 17.2 Å². The highest BCUT2D eigenvalue weighted by Gasteiger charge is 2.29. The SMILES string of the molecule is O=C(Nc1ccc(Oc2cccnc2)cc1)C1CCCCN1Cc1ccc2c(c1)CCO2. The summed E-state index contributed by atoms with van der Waals surface area (Å²) in [6, 6.07) is 17.4. The summed E-state index contributed by atoms with van der Waals surface area (Å²) in [6.45, 7) is 2.48. The minimum atomic E-state index is -0.125. The lowest BCUT2D eigenvalue weighted by molar-refractivity contribution is -0.122. The highest BCUT2D eigenvalue weighted by Crippen LogP contribution is 2.28. The summed E-state index contributed by atoms with van der Waals surface area (Å²) in [5, 5.41) is 3.09. The number of amides is 1. The van der Waals surface area contributed by atoms with Crippen LogP contribution in [0.1, 0.15) is 30.4 Å². The van der Waals surface area contributed by atoms with Crippen LogP contribution in [0.2, 0.25) is 0 Å². The van der Waals surface area contributed by atoms with Gasteiger partial charge in [0.1, 0.15) is 17.2 Å². The molecule has 3 heterocycles. The molecule has 1 saturated heterocycles. The number of nitrogens with one attached hydrogen (secondary N) is 1. The molecule has 2 aliphatic rings. The van der Waals surface area contributed by atoms with Crippen LogP contribution < -0.4 is 14.8 Å².